The average Bonchev–Trinajstić information content (AvgIpc) is 2.05. The summed E-state index contributed by atoms with van der Waals surface area (Å²) < 4.78 is 0. The quantitative estimate of drug-likeness (QED) is 0.488. The number of nitrogens with one attached hydrogen (secondary N) is 2. The minimum Gasteiger partial charge on any atom is -0.390 e. The van der Waals surface area contributed by atoms with Gasteiger partial charge in [-0.15, -0.1) is 0 Å². The van der Waals surface area contributed by atoms with Crippen molar-refractivity contribution in [3.05, 3.63) is 0 Å². The van der Waals surface area contributed by atoms with Gasteiger partial charge < -0.3 is 15.7 Å². The highest BCUT2D eigenvalue weighted by atomic mass is 16.3. The maximum atomic E-state index is 9.55. The molecule has 0 spiro atoms. The number of hydrogen-bond donors (Lipinski definition) is 3. The van der Waals surface area contributed by atoms with E-state index < -0.39 is 0 Å². The van der Waals surface area contributed by atoms with E-state index >= 15 is 0 Å². The van der Waals surface area contributed by atoms with Crippen molar-refractivity contribution in [1.29, 1.82) is 0 Å². The third-order valence-corrected chi connectivity index (χ3v) is 1.88. The Kier molecular flexibility index (Phi) is 7.45. The number of aliphatic hydroxyl groups is 1. The van der Waals surface area contributed by atoms with Crippen LogP contribution in [0.2, 0.25) is 0 Å². The van der Waals surface area contributed by atoms with Crippen LogP contribution in [0.5, 0.6) is 0 Å². The van der Waals surface area contributed by atoms with E-state index in [4.69, 9.17) is 0 Å². The molecule has 0 aliphatic carbocycles. The molecule has 3 heteroatoms. The van der Waals surface area contributed by atoms with E-state index in [2.05, 4.69) is 17.6 Å². The van der Waals surface area contributed by atoms with Crippen molar-refractivity contribution in [3.8, 4) is 0 Å². The zero-order valence-corrected chi connectivity index (χ0v) is 8.43. The molecular formula is C9H22N2O. The molecule has 0 aromatic rings. The highest BCUT2D eigenvalue weighted by Gasteiger charge is 2.11. The summed E-state index contributed by atoms with van der Waals surface area (Å²) in [7, 11) is 0. The Bertz CT molecular complexity index is 98.5. The number of likely N-dealkylation sites (N-methyl/N-ethyl adjacent to an activating group) is 1. The second-order valence-corrected chi connectivity index (χ2v) is 3.12. The maximum Gasteiger partial charge on any atom is 0.0814 e. The monoisotopic (exact) mass is 174 g/mol. The molecular weight excluding hydrogens is 152 g/mol. The van der Waals surface area contributed by atoms with Gasteiger partial charge in [-0.25, -0.2) is 0 Å². The summed E-state index contributed by atoms with van der Waals surface area (Å²) in [4.78, 5) is 0. The first-order valence-electron chi connectivity index (χ1n) is 4.84. The van der Waals surface area contributed by atoms with Crippen LogP contribution in [0.15, 0.2) is 0 Å². The van der Waals surface area contributed by atoms with Crippen LogP contribution in [0.4, 0.5) is 0 Å². The fraction of sp³-hybridized carbons (Fsp3) is 1.00. The summed E-state index contributed by atoms with van der Waals surface area (Å²) in [5.74, 6) is 0. The van der Waals surface area contributed by atoms with Gasteiger partial charge >= 0.3 is 0 Å². The molecule has 0 aromatic heterocycles. The number of hydrogen-bond acceptors (Lipinski definition) is 3. The molecule has 0 radical (unpaired) electrons. The van der Waals surface area contributed by atoms with Crippen LogP contribution in [0, 0.1) is 0 Å². The van der Waals surface area contributed by atoms with Crippen LogP contribution in [0.3, 0.4) is 0 Å². The lowest BCUT2D eigenvalue weighted by atomic mass is 10.2. The Hall–Kier alpha value is -0.120. The van der Waals surface area contributed by atoms with Crippen LogP contribution in [0.1, 0.15) is 27.2 Å². The SMILES string of the molecule is CCCNCC(O)C(C)NCC. The lowest BCUT2D eigenvalue weighted by molar-refractivity contribution is 0.133. The third-order valence-electron chi connectivity index (χ3n) is 1.88. The second kappa shape index (κ2) is 7.53. The van der Waals surface area contributed by atoms with Crippen LogP contribution in [-0.2, 0) is 0 Å². The summed E-state index contributed by atoms with van der Waals surface area (Å²) in [5.41, 5.74) is 0. The van der Waals surface area contributed by atoms with E-state index in [1.165, 1.54) is 0 Å². The van der Waals surface area contributed by atoms with E-state index in [1.54, 1.807) is 0 Å². The van der Waals surface area contributed by atoms with Gasteiger partial charge in [0, 0.05) is 12.6 Å². The standard InChI is InChI=1S/C9H22N2O/c1-4-6-10-7-9(12)8(3)11-5-2/h8-12H,4-7H2,1-3H3. The smallest absolute Gasteiger partial charge is 0.0814 e. The average molecular weight is 174 g/mol. The highest BCUT2D eigenvalue weighted by molar-refractivity contribution is 4.71. The van der Waals surface area contributed by atoms with Crippen molar-refractivity contribution in [2.75, 3.05) is 19.6 Å². The maximum absolute atomic E-state index is 9.55. The van der Waals surface area contributed by atoms with Crippen LogP contribution in [-0.4, -0.2) is 36.9 Å². The lowest BCUT2D eigenvalue weighted by Crippen LogP contribution is -2.43. The first-order chi connectivity index (χ1) is 5.72. The van der Waals surface area contributed by atoms with Gasteiger partial charge in [-0.1, -0.05) is 13.8 Å². The molecule has 3 N–H and O–H groups in total. The van der Waals surface area contributed by atoms with Crippen molar-refractivity contribution in [3.63, 3.8) is 0 Å². The van der Waals surface area contributed by atoms with Gasteiger partial charge in [0.1, 0.15) is 0 Å². The fourth-order valence-electron chi connectivity index (χ4n) is 1.06. The molecule has 0 aliphatic heterocycles. The summed E-state index contributed by atoms with van der Waals surface area (Å²) in [6.45, 7) is 8.74. The molecule has 2 unspecified atom stereocenters. The molecule has 0 bridgehead atoms. The summed E-state index contributed by atoms with van der Waals surface area (Å²) in [5, 5.41) is 15.9. The van der Waals surface area contributed by atoms with Crippen LogP contribution in [0.25, 0.3) is 0 Å². The van der Waals surface area contributed by atoms with Gasteiger partial charge in [-0.05, 0) is 26.4 Å². The minimum atomic E-state index is -0.281. The second-order valence-electron chi connectivity index (χ2n) is 3.12. The molecule has 0 saturated carbocycles. The molecule has 0 amide bonds. The summed E-state index contributed by atoms with van der Waals surface area (Å²) >= 11 is 0. The van der Waals surface area contributed by atoms with Gasteiger partial charge in [0.05, 0.1) is 6.10 Å². The van der Waals surface area contributed by atoms with E-state index in [9.17, 15) is 5.11 Å². The first-order valence-corrected chi connectivity index (χ1v) is 4.84. The molecule has 0 heterocycles. The summed E-state index contributed by atoms with van der Waals surface area (Å²) in [6, 6.07) is 0.180. The molecule has 2 atom stereocenters. The van der Waals surface area contributed by atoms with E-state index in [0.717, 1.165) is 19.5 Å². The Morgan fingerprint density at radius 3 is 2.50 bits per heavy atom. The van der Waals surface area contributed by atoms with E-state index in [0.29, 0.717) is 6.54 Å². The van der Waals surface area contributed by atoms with Gasteiger partial charge in [-0.2, -0.15) is 0 Å². The molecule has 0 fully saturated rings. The normalized spacial score (nSPS) is 16.0. The fourth-order valence-corrected chi connectivity index (χ4v) is 1.06. The van der Waals surface area contributed by atoms with E-state index in [-0.39, 0.29) is 12.1 Å². The van der Waals surface area contributed by atoms with Crippen molar-refractivity contribution >= 4 is 0 Å². The predicted molar refractivity (Wildman–Crippen MR) is 52.3 cm³/mol. The van der Waals surface area contributed by atoms with Crippen molar-refractivity contribution < 1.29 is 5.11 Å². The Balaban J connectivity index is 3.35. The highest BCUT2D eigenvalue weighted by Crippen LogP contribution is 1.90. The minimum absolute atomic E-state index is 0.180. The topological polar surface area (TPSA) is 44.3 Å². The van der Waals surface area contributed by atoms with Crippen molar-refractivity contribution in [1.82, 2.24) is 10.6 Å². The zero-order valence-electron chi connectivity index (χ0n) is 8.43. The molecule has 0 aromatic carbocycles. The Labute approximate surface area is 75.6 Å². The molecule has 0 aliphatic rings. The van der Waals surface area contributed by atoms with Crippen molar-refractivity contribution in [2.24, 2.45) is 0 Å². The third kappa shape index (κ3) is 5.52. The zero-order chi connectivity index (χ0) is 9.40. The number of aliphatic hydroxyl groups excluding tert-OH is 1. The number of rotatable bonds is 7. The largest absolute Gasteiger partial charge is 0.390 e. The molecule has 0 saturated heterocycles. The Morgan fingerprint density at radius 1 is 1.33 bits per heavy atom. The predicted octanol–water partition coefficient (Wildman–Crippen LogP) is 0.345. The molecule has 74 valence electrons. The molecule has 12 heavy (non-hydrogen) atoms. The first kappa shape index (κ1) is 11.9. The van der Waals surface area contributed by atoms with Gasteiger partial charge in [-0.3, -0.25) is 0 Å². The van der Waals surface area contributed by atoms with Crippen molar-refractivity contribution in [2.45, 2.75) is 39.3 Å². The van der Waals surface area contributed by atoms with Crippen LogP contribution < -0.4 is 10.6 Å². The lowest BCUT2D eigenvalue weighted by Gasteiger charge is -2.19. The van der Waals surface area contributed by atoms with Gasteiger partial charge in [0.15, 0.2) is 0 Å². The van der Waals surface area contributed by atoms with Crippen LogP contribution >= 0.6 is 0 Å². The van der Waals surface area contributed by atoms with Gasteiger partial charge in [0.2, 0.25) is 0 Å². The Morgan fingerprint density at radius 2 is 2.00 bits per heavy atom. The van der Waals surface area contributed by atoms with E-state index in [1.807, 2.05) is 13.8 Å². The molecule has 0 rings (SSSR count). The van der Waals surface area contributed by atoms with Gasteiger partial charge in [0.25, 0.3) is 0 Å². The molecule has 3 nitrogen and oxygen atoms in total. The summed E-state index contributed by atoms with van der Waals surface area (Å²) in [6.07, 6.45) is 0.832.